The summed E-state index contributed by atoms with van der Waals surface area (Å²) in [6.45, 7) is 0. The molecule has 19 heavy (non-hydrogen) atoms. The number of hydrogen-bond donors (Lipinski definition) is 1. The van der Waals surface area contributed by atoms with Crippen molar-refractivity contribution >= 4 is 12.0 Å². The summed E-state index contributed by atoms with van der Waals surface area (Å²) < 4.78 is 31.5. The Morgan fingerprint density at radius 2 is 1.68 bits per heavy atom. The summed E-state index contributed by atoms with van der Waals surface area (Å²) in [5.74, 6) is -1.27. The first-order valence-electron chi connectivity index (χ1n) is 5.38. The lowest BCUT2D eigenvalue weighted by atomic mass is 10.1. The number of carbonyl (C=O) groups is 1. The zero-order valence-corrected chi connectivity index (χ0v) is 9.69. The largest absolute Gasteiger partial charge is 0.457 e. The van der Waals surface area contributed by atoms with Gasteiger partial charge < -0.3 is 10.1 Å². The molecule has 0 aliphatic heterocycles. The third kappa shape index (κ3) is 3.01. The molecule has 1 N–H and O–H groups in total. The van der Waals surface area contributed by atoms with Crippen LogP contribution < -0.4 is 4.74 Å². The van der Waals surface area contributed by atoms with E-state index in [0.29, 0.717) is 12.0 Å². The number of Topliss-reactive ketones (excluding diaryl/α,β-unsaturated/α-hetero) is 1. The lowest BCUT2D eigenvalue weighted by Gasteiger charge is -2.07. The van der Waals surface area contributed by atoms with Gasteiger partial charge in [-0.2, -0.15) is 0 Å². The van der Waals surface area contributed by atoms with Crippen LogP contribution >= 0.6 is 0 Å². The van der Waals surface area contributed by atoms with Crippen molar-refractivity contribution in [1.82, 2.24) is 0 Å². The van der Waals surface area contributed by atoms with Crippen LogP contribution in [0.4, 0.5) is 8.78 Å². The molecule has 2 aromatic carbocycles. The summed E-state index contributed by atoms with van der Waals surface area (Å²) in [6.07, 6.45) is 0.528. The Hall–Kier alpha value is -2.56. The summed E-state index contributed by atoms with van der Waals surface area (Å²) in [4.78, 5) is 11.3. The summed E-state index contributed by atoms with van der Waals surface area (Å²) in [6, 6.07) is 8.90. The third-order valence-electron chi connectivity index (χ3n) is 2.38. The Kier molecular flexibility index (Phi) is 3.66. The zero-order chi connectivity index (χ0) is 13.8. The van der Waals surface area contributed by atoms with Crippen LogP contribution in [-0.4, -0.2) is 12.0 Å². The molecule has 0 radical (unpaired) electrons. The highest BCUT2D eigenvalue weighted by Crippen LogP contribution is 2.23. The average molecular weight is 261 g/mol. The van der Waals surface area contributed by atoms with E-state index in [4.69, 9.17) is 10.1 Å². The molecule has 0 saturated carbocycles. The van der Waals surface area contributed by atoms with Gasteiger partial charge in [0.05, 0.1) is 11.8 Å². The highest BCUT2D eigenvalue weighted by Gasteiger charge is 2.11. The number of hydrogen-bond acceptors (Lipinski definition) is 3. The van der Waals surface area contributed by atoms with Crippen molar-refractivity contribution < 1.29 is 18.3 Å². The van der Waals surface area contributed by atoms with Gasteiger partial charge in [-0.05, 0) is 42.5 Å². The summed E-state index contributed by atoms with van der Waals surface area (Å²) in [5.41, 5.74) is -0.241. The van der Waals surface area contributed by atoms with Crippen molar-refractivity contribution in [2.75, 3.05) is 0 Å². The van der Waals surface area contributed by atoms with Gasteiger partial charge in [0.25, 0.3) is 0 Å². The first kappa shape index (κ1) is 12.9. The smallest absolute Gasteiger partial charge is 0.206 e. The molecule has 2 rings (SSSR count). The van der Waals surface area contributed by atoms with Gasteiger partial charge in [-0.1, -0.05) is 0 Å². The van der Waals surface area contributed by atoms with Crippen LogP contribution in [0.3, 0.4) is 0 Å². The maximum Gasteiger partial charge on any atom is 0.206 e. The van der Waals surface area contributed by atoms with Crippen molar-refractivity contribution in [1.29, 1.82) is 5.41 Å². The molecule has 0 fully saturated rings. The number of carbonyl (C=O) groups excluding carboxylic acids is 1. The molecule has 3 nitrogen and oxygen atoms in total. The van der Waals surface area contributed by atoms with Gasteiger partial charge in [0.1, 0.15) is 23.1 Å². The fraction of sp³-hybridized carbons (Fsp3) is 0. The Morgan fingerprint density at radius 3 is 2.32 bits per heavy atom. The van der Waals surface area contributed by atoms with Gasteiger partial charge in [0, 0.05) is 0 Å². The Morgan fingerprint density at radius 1 is 1.05 bits per heavy atom. The van der Waals surface area contributed by atoms with E-state index in [2.05, 4.69) is 0 Å². The first-order chi connectivity index (χ1) is 9.10. The number of halogens is 2. The normalized spacial score (nSPS) is 10.0. The van der Waals surface area contributed by atoms with E-state index in [0.717, 1.165) is 6.07 Å². The second-order valence-electron chi connectivity index (χ2n) is 3.71. The number of ketones is 1. The summed E-state index contributed by atoms with van der Waals surface area (Å²) in [5, 5.41) is 6.83. The van der Waals surface area contributed by atoms with Gasteiger partial charge in [-0.15, -0.1) is 0 Å². The minimum Gasteiger partial charge on any atom is -0.457 e. The monoisotopic (exact) mass is 261 g/mol. The standard InChI is InChI=1S/C14H9F2NO2/c15-9-1-3-10(4-2-9)19-11-5-6-13(16)12(7-11)14(18)8-17/h1-8,17H. The molecule has 0 bridgehead atoms. The topological polar surface area (TPSA) is 50.2 Å². The third-order valence-corrected chi connectivity index (χ3v) is 2.38. The van der Waals surface area contributed by atoms with Crippen molar-refractivity contribution in [3.8, 4) is 11.5 Å². The van der Waals surface area contributed by atoms with Crippen LogP contribution in [0.25, 0.3) is 0 Å². The van der Waals surface area contributed by atoms with Crippen molar-refractivity contribution in [2.45, 2.75) is 0 Å². The van der Waals surface area contributed by atoms with Crippen LogP contribution in [-0.2, 0) is 0 Å². The van der Waals surface area contributed by atoms with Gasteiger partial charge >= 0.3 is 0 Å². The second-order valence-corrected chi connectivity index (χ2v) is 3.71. The van der Waals surface area contributed by atoms with E-state index in [1.165, 1.54) is 36.4 Å². The van der Waals surface area contributed by atoms with Gasteiger partial charge in [0.15, 0.2) is 0 Å². The maximum atomic E-state index is 13.4. The van der Waals surface area contributed by atoms with Crippen LogP contribution in [0.5, 0.6) is 11.5 Å². The number of nitrogens with one attached hydrogen (secondary N) is 1. The van der Waals surface area contributed by atoms with E-state index < -0.39 is 17.4 Å². The molecule has 96 valence electrons. The minimum atomic E-state index is -0.748. The molecular formula is C14H9F2NO2. The molecule has 0 amide bonds. The van der Waals surface area contributed by atoms with E-state index in [1.54, 1.807) is 0 Å². The predicted molar refractivity (Wildman–Crippen MR) is 66.0 cm³/mol. The second kappa shape index (κ2) is 5.39. The van der Waals surface area contributed by atoms with Gasteiger partial charge in [-0.3, -0.25) is 4.79 Å². The molecule has 0 spiro atoms. The van der Waals surface area contributed by atoms with E-state index in [-0.39, 0.29) is 11.3 Å². The van der Waals surface area contributed by atoms with Gasteiger partial charge in [0.2, 0.25) is 5.78 Å². The van der Waals surface area contributed by atoms with Crippen molar-refractivity contribution in [3.05, 3.63) is 59.7 Å². The van der Waals surface area contributed by atoms with E-state index >= 15 is 0 Å². The predicted octanol–water partition coefficient (Wildman–Crippen LogP) is 3.59. The lowest BCUT2D eigenvalue weighted by molar-refractivity contribution is 0.106. The molecule has 0 aliphatic rings. The molecular weight excluding hydrogens is 252 g/mol. The van der Waals surface area contributed by atoms with E-state index in [1.807, 2.05) is 0 Å². The molecule has 0 aliphatic carbocycles. The Bertz CT molecular complexity index is 624. The van der Waals surface area contributed by atoms with Crippen LogP contribution in [0.1, 0.15) is 10.4 Å². The first-order valence-corrected chi connectivity index (χ1v) is 5.38. The summed E-state index contributed by atoms with van der Waals surface area (Å²) in [7, 11) is 0. The van der Waals surface area contributed by atoms with Crippen LogP contribution in [0, 0.1) is 17.0 Å². The zero-order valence-electron chi connectivity index (χ0n) is 9.69. The Labute approximate surface area is 108 Å². The fourth-order valence-electron chi connectivity index (χ4n) is 1.47. The van der Waals surface area contributed by atoms with Crippen LogP contribution in [0.15, 0.2) is 42.5 Å². The maximum absolute atomic E-state index is 13.4. The lowest BCUT2D eigenvalue weighted by Crippen LogP contribution is -2.03. The van der Waals surface area contributed by atoms with Crippen molar-refractivity contribution in [2.24, 2.45) is 0 Å². The molecule has 2 aromatic rings. The SMILES string of the molecule is N=CC(=O)c1cc(Oc2ccc(F)cc2)ccc1F. The molecule has 0 aromatic heterocycles. The highest BCUT2D eigenvalue weighted by molar-refractivity contribution is 6.34. The number of benzene rings is 2. The molecule has 0 atom stereocenters. The Balaban J connectivity index is 2.28. The molecule has 0 heterocycles. The molecule has 5 heteroatoms. The molecule has 0 saturated heterocycles. The quantitative estimate of drug-likeness (QED) is 0.675. The average Bonchev–Trinajstić information content (AvgIpc) is 2.42. The summed E-state index contributed by atoms with van der Waals surface area (Å²) >= 11 is 0. The number of ether oxygens (including phenoxy) is 1. The van der Waals surface area contributed by atoms with Crippen LogP contribution in [0.2, 0.25) is 0 Å². The van der Waals surface area contributed by atoms with Gasteiger partial charge in [-0.25, -0.2) is 8.78 Å². The van der Waals surface area contributed by atoms with E-state index in [9.17, 15) is 13.6 Å². The molecule has 0 unspecified atom stereocenters. The number of rotatable bonds is 4. The highest BCUT2D eigenvalue weighted by atomic mass is 19.1. The fourth-order valence-corrected chi connectivity index (χ4v) is 1.47. The minimum absolute atomic E-state index is 0.234. The van der Waals surface area contributed by atoms with Crippen molar-refractivity contribution in [3.63, 3.8) is 0 Å².